The molecule has 0 saturated carbocycles. The summed E-state index contributed by atoms with van der Waals surface area (Å²) in [6.45, 7) is 1.01. The number of benzene rings is 1. The third-order valence-electron chi connectivity index (χ3n) is 3.03. The molecule has 1 aromatic rings. The number of carbonyl (C=O) groups is 2. The molecule has 1 saturated heterocycles. The zero-order valence-electron chi connectivity index (χ0n) is 11.4. The Balaban J connectivity index is 1.75. The van der Waals surface area contributed by atoms with Crippen molar-refractivity contribution in [3.05, 3.63) is 29.8 Å². The third kappa shape index (κ3) is 4.57. The number of nitrogens with zero attached hydrogens (tertiary/aromatic N) is 1. The molecule has 0 radical (unpaired) electrons. The number of aromatic hydroxyl groups is 1. The lowest BCUT2D eigenvalue weighted by molar-refractivity contribution is -0.139. The molecule has 2 rings (SSSR count). The monoisotopic (exact) mass is 291 g/mol. The molecule has 0 aliphatic carbocycles. The SMILES string of the molecule is O=C(NC[C@@H]1CCCO1)C(=O)N/N=C\c1ccccc1O. The van der Waals surface area contributed by atoms with Crippen LogP contribution in [0.1, 0.15) is 18.4 Å². The number of amides is 2. The highest BCUT2D eigenvalue weighted by atomic mass is 16.5. The number of phenolic OH excluding ortho intramolecular Hbond substituents is 1. The van der Waals surface area contributed by atoms with Crippen LogP contribution in [0.2, 0.25) is 0 Å². The highest BCUT2D eigenvalue weighted by Gasteiger charge is 2.18. The largest absolute Gasteiger partial charge is 0.507 e. The number of para-hydroxylation sites is 1. The summed E-state index contributed by atoms with van der Waals surface area (Å²) in [6.07, 6.45) is 3.09. The number of nitrogens with one attached hydrogen (secondary N) is 2. The molecule has 1 aromatic carbocycles. The minimum atomic E-state index is -0.861. The minimum absolute atomic E-state index is 0.0217. The van der Waals surface area contributed by atoms with Gasteiger partial charge in [-0.05, 0) is 25.0 Å². The summed E-state index contributed by atoms with van der Waals surface area (Å²) >= 11 is 0. The van der Waals surface area contributed by atoms with Crippen LogP contribution in [0.4, 0.5) is 0 Å². The Morgan fingerprint density at radius 1 is 1.38 bits per heavy atom. The van der Waals surface area contributed by atoms with E-state index in [1.807, 2.05) is 0 Å². The first-order chi connectivity index (χ1) is 10.2. The van der Waals surface area contributed by atoms with Gasteiger partial charge in [-0.1, -0.05) is 12.1 Å². The quantitative estimate of drug-likeness (QED) is 0.417. The first-order valence-corrected chi connectivity index (χ1v) is 6.67. The van der Waals surface area contributed by atoms with E-state index in [1.165, 1.54) is 12.3 Å². The average molecular weight is 291 g/mol. The molecule has 2 amide bonds. The Morgan fingerprint density at radius 3 is 2.90 bits per heavy atom. The van der Waals surface area contributed by atoms with E-state index in [4.69, 9.17) is 4.74 Å². The van der Waals surface area contributed by atoms with Crippen molar-refractivity contribution < 1.29 is 19.4 Å². The standard InChI is InChI=1S/C14H17N3O4/c18-12-6-2-1-4-10(12)8-16-17-14(20)13(19)15-9-11-5-3-7-21-11/h1-2,4,6,8,11,18H,3,5,7,9H2,(H,15,19)(H,17,20)/b16-8-/t11-/m0/s1. The Labute approximate surface area is 122 Å². The van der Waals surface area contributed by atoms with Crippen molar-refractivity contribution in [3.8, 4) is 5.75 Å². The maximum atomic E-state index is 11.5. The van der Waals surface area contributed by atoms with Crippen molar-refractivity contribution >= 4 is 18.0 Å². The van der Waals surface area contributed by atoms with Gasteiger partial charge in [0.25, 0.3) is 0 Å². The second kappa shape index (κ2) is 7.39. The van der Waals surface area contributed by atoms with Crippen molar-refractivity contribution in [2.75, 3.05) is 13.2 Å². The second-order valence-electron chi connectivity index (χ2n) is 4.60. The van der Waals surface area contributed by atoms with Gasteiger partial charge < -0.3 is 15.2 Å². The summed E-state index contributed by atoms with van der Waals surface area (Å²) in [5, 5.41) is 15.6. The molecule has 1 aliphatic heterocycles. The molecule has 0 unspecified atom stereocenters. The molecule has 7 heteroatoms. The van der Waals surface area contributed by atoms with Gasteiger partial charge in [-0.3, -0.25) is 9.59 Å². The summed E-state index contributed by atoms with van der Waals surface area (Å²) in [5.74, 6) is -1.59. The normalized spacial score (nSPS) is 17.8. The molecule has 21 heavy (non-hydrogen) atoms. The summed E-state index contributed by atoms with van der Waals surface area (Å²) in [7, 11) is 0. The molecular weight excluding hydrogens is 274 g/mol. The maximum absolute atomic E-state index is 11.5. The van der Waals surface area contributed by atoms with Crippen LogP contribution in [-0.4, -0.2) is 42.4 Å². The summed E-state index contributed by atoms with van der Waals surface area (Å²) < 4.78 is 5.33. The lowest BCUT2D eigenvalue weighted by Crippen LogP contribution is -2.41. The van der Waals surface area contributed by atoms with Gasteiger partial charge in [0.15, 0.2) is 0 Å². The lowest BCUT2D eigenvalue weighted by atomic mass is 10.2. The second-order valence-corrected chi connectivity index (χ2v) is 4.60. The van der Waals surface area contributed by atoms with Gasteiger partial charge in [0.2, 0.25) is 0 Å². The van der Waals surface area contributed by atoms with Crippen molar-refractivity contribution in [3.63, 3.8) is 0 Å². The summed E-state index contributed by atoms with van der Waals surface area (Å²) in [6, 6.07) is 6.51. The van der Waals surface area contributed by atoms with Crippen LogP contribution in [0.15, 0.2) is 29.4 Å². The highest BCUT2D eigenvalue weighted by Crippen LogP contribution is 2.12. The number of carbonyl (C=O) groups excluding carboxylic acids is 2. The van der Waals surface area contributed by atoms with Crippen LogP contribution >= 0.6 is 0 Å². The molecule has 0 spiro atoms. The molecule has 0 bridgehead atoms. The highest BCUT2D eigenvalue weighted by molar-refractivity contribution is 6.35. The van der Waals surface area contributed by atoms with Crippen molar-refractivity contribution in [1.82, 2.24) is 10.7 Å². The molecule has 7 nitrogen and oxygen atoms in total. The van der Waals surface area contributed by atoms with Gasteiger partial charge in [-0.2, -0.15) is 5.10 Å². The number of hydrazone groups is 1. The zero-order chi connectivity index (χ0) is 15.1. The van der Waals surface area contributed by atoms with E-state index in [1.54, 1.807) is 18.2 Å². The maximum Gasteiger partial charge on any atom is 0.329 e. The predicted octanol–water partition coefficient (Wildman–Crippen LogP) is 0.138. The Hall–Kier alpha value is -2.41. The van der Waals surface area contributed by atoms with Gasteiger partial charge in [-0.25, -0.2) is 5.43 Å². The summed E-state index contributed by atoms with van der Waals surface area (Å²) in [4.78, 5) is 23.0. The Morgan fingerprint density at radius 2 is 2.19 bits per heavy atom. The van der Waals surface area contributed by atoms with Gasteiger partial charge in [-0.15, -0.1) is 0 Å². The minimum Gasteiger partial charge on any atom is -0.507 e. The molecule has 3 N–H and O–H groups in total. The molecular formula is C14H17N3O4. The fourth-order valence-corrected chi connectivity index (χ4v) is 1.90. The first kappa shape index (κ1) is 15.0. The lowest BCUT2D eigenvalue weighted by Gasteiger charge is -2.09. The number of hydrogen-bond donors (Lipinski definition) is 3. The van der Waals surface area contributed by atoms with E-state index in [2.05, 4.69) is 15.8 Å². The van der Waals surface area contributed by atoms with E-state index in [9.17, 15) is 14.7 Å². The van der Waals surface area contributed by atoms with Crippen LogP contribution in [-0.2, 0) is 14.3 Å². The molecule has 1 aliphatic rings. The van der Waals surface area contributed by atoms with Crippen molar-refractivity contribution in [1.29, 1.82) is 0 Å². The Bertz CT molecular complexity index is 539. The average Bonchev–Trinajstić information content (AvgIpc) is 3.00. The van der Waals surface area contributed by atoms with E-state index in [-0.39, 0.29) is 11.9 Å². The first-order valence-electron chi connectivity index (χ1n) is 6.67. The van der Waals surface area contributed by atoms with Gasteiger partial charge in [0, 0.05) is 18.7 Å². The number of rotatable bonds is 4. The van der Waals surface area contributed by atoms with Gasteiger partial charge >= 0.3 is 11.8 Å². The van der Waals surface area contributed by atoms with E-state index in [0.717, 1.165) is 12.8 Å². The van der Waals surface area contributed by atoms with E-state index in [0.29, 0.717) is 18.7 Å². The van der Waals surface area contributed by atoms with Crippen LogP contribution in [0.3, 0.4) is 0 Å². The summed E-state index contributed by atoms with van der Waals surface area (Å²) in [5.41, 5.74) is 2.54. The van der Waals surface area contributed by atoms with Gasteiger partial charge in [0.05, 0.1) is 12.3 Å². The zero-order valence-corrected chi connectivity index (χ0v) is 11.4. The number of ether oxygens (including phenoxy) is 1. The topological polar surface area (TPSA) is 100 Å². The van der Waals surface area contributed by atoms with Crippen LogP contribution < -0.4 is 10.7 Å². The molecule has 1 fully saturated rings. The van der Waals surface area contributed by atoms with Crippen LogP contribution in [0, 0.1) is 0 Å². The smallest absolute Gasteiger partial charge is 0.329 e. The van der Waals surface area contributed by atoms with E-state index < -0.39 is 11.8 Å². The molecule has 1 heterocycles. The predicted molar refractivity (Wildman–Crippen MR) is 75.8 cm³/mol. The Kier molecular flexibility index (Phi) is 5.28. The molecule has 1 atom stereocenters. The van der Waals surface area contributed by atoms with Crippen LogP contribution in [0.25, 0.3) is 0 Å². The van der Waals surface area contributed by atoms with Gasteiger partial charge in [0.1, 0.15) is 5.75 Å². The van der Waals surface area contributed by atoms with Crippen molar-refractivity contribution in [2.45, 2.75) is 18.9 Å². The molecule has 112 valence electrons. The van der Waals surface area contributed by atoms with Crippen molar-refractivity contribution in [2.24, 2.45) is 5.10 Å². The fourth-order valence-electron chi connectivity index (χ4n) is 1.90. The third-order valence-corrected chi connectivity index (χ3v) is 3.03. The number of hydrogen-bond acceptors (Lipinski definition) is 5. The molecule has 0 aromatic heterocycles. The number of phenols is 1. The van der Waals surface area contributed by atoms with Crippen LogP contribution in [0.5, 0.6) is 5.75 Å². The van der Waals surface area contributed by atoms with E-state index >= 15 is 0 Å². The fraction of sp³-hybridized carbons (Fsp3) is 0.357.